The van der Waals surface area contributed by atoms with Gasteiger partial charge in [-0.3, -0.25) is 4.79 Å². The molecule has 0 aromatic heterocycles. The van der Waals surface area contributed by atoms with Gasteiger partial charge in [-0.05, 0) is 6.04 Å². The second kappa shape index (κ2) is 7.43. The third-order valence-corrected chi connectivity index (χ3v) is 0.211. The lowest BCUT2D eigenvalue weighted by atomic mass is 10.5. The molecule has 0 saturated heterocycles. The topological polar surface area (TPSA) is 46.3 Å². The van der Waals surface area contributed by atoms with Crippen LogP contribution in [0.4, 0.5) is 0 Å². The Kier molecular flexibility index (Phi) is 9.29. The van der Waals surface area contributed by atoms with Gasteiger partial charge in [0, 0.05) is 14.1 Å². The summed E-state index contributed by atoms with van der Waals surface area (Å²) in [4.78, 5) is 10.9. The maximum atomic E-state index is 9.43. The van der Waals surface area contributed by atoms with E-state index in [-0.39, 0.29) is 0 Å². The molecule has 0 bridgehead atoms. The van der Waals surface area contributed by atoms with Crippen molar-refractivity contribution in [2.45, 2.75) is 19.9 Å². The second-order valence-corrected chi connectivity index (χ2v) is 2.31. The Labute approximate surface area is 56.8 Å². The van der Waals surface area contributed by atoms with Gasteiger partial charge in [-0.2, -0.15) is 0 Å². The summed E-state index contributed by atoms with van der Waals surface area (Å²) in [6.07, 6.45) is 0.750. The summed E-state index contributed by atoms with van der Waals surface area (Å²) in [7, 11) is 3.38. The number of amides is 1. The van der Waals surface area contributed by atoms with Gasteiger partial charge in [-0.1, -0.05) is 13.8 Å². The Balaban J connectivity index is 0. The zero-order valence-electron chi connectivity index (χ0n) is 6.59. The van der Waals surface area contributed by atoms with Crippen molar-refractivity contribution >= 4 is 6.41 Å². The summed E-state index contributed by atoms with van der Waals surface area (Å²) in [5.41, 5.74) is 5.11. The van der Waals surface area contributed by atoms with Crippen molar-refractivity contribution in [3.63, 3.8) is 0 Å². The summed E-state index contributed by atoms with van der Waals surface area (Å²) in [6, 6.07) is 0.333. The number of hydrogen-bond acceptors (Lipinski definition) is 2. The quantitative estimate of drug-likeness (QED) is 0.513. The standard InChI is InChI=1S/C3H7NO.C3H9N/c1-4(2)3-5;1-3(2)4/h3H,1-2H3;3H,4H2,1-2H3. The van der Waals surface area contributed by atoms with E-state index >= 15 is 0 Å². The molecule has 3 nitrogen and oxygen atoms in total. The molecule has 0 heterocycles. The van der Waals surface area contributed by atoms with Crippen molar-refractivity contribution in [2.75, 3.05) is 14.1 Å². The number of nitrogens with zero attached hydrogens (tertiary/aromatic N) is 1. The third-order valence-electron chi connectivity index (χ3n) is 0.211. The van der Waals surface area contributed by atoms with Crippen LogP contribution in [0.2, 0.25) is 0 Å². The highest BCUT2D eigenvalue weighted by molar-refractivity contribution is 5.45. The van der Waals surface area contributed by atoms with Crippen molar-refractivity contribution in [3.05, 3.63) is 0 Å². The first-order chi connectivity index (χ1) is 4.00. The van der Waals surface area contributed by atoms with Crippen LogP contribution in [0.25, 0.3) is 0 Å². The van der Waals surface area contributed by atoms with Crippen LogP contribution in [0, 0.1) is 0 Å². The Bertz CT molecular complexity index is 59.3. The Morgan fingerprint density at radius 2 is 1.56 bits per heavy atom. The SMILES string of the molecule is CC(C)N.CN(C)C=O. The summed E-state index contributed by atoms with van der Waals surface area (Å²) >= 11 is 0. The highest BCUT2D eigenvalue weighted by atomic mass is 16.1. The minimum absolute atomic E-state index is 0.333. The fourth-order valence-corrected chi connectivity index (χ4v) is 0. The lowest BCUT2D eigenvalue weighted by Gasteiger charge is -1.93. The van der Waals surface area contributed by atoms with Gasteiger partial charge in [-0.15, -0.1) is 0 Å². The van der Waals surface area contributed by atoms with Crippen LogP contribution in [0.5, 0.6) is 0 Å². The maximum absolute atomic E-state index is 9.43. The van der Waals surface area contributed by atoms with Crippen LogP contribution in [0.15, 0.2) is 0 Å². The molecular weight excluding hydrogens is 116 g/mol. The minimum Gasteiger partial charge on any atom is -0.351 e. The van der Waals surface area contributed by atoms with Crippen molar-refractivity contribution in [3.8, 4) is 0 Å². The van der Waals surface area contributed by atoms with E-state index in [0.29, 0.717) is 6.04 Å². The van der Waals surface area contributed by atoms with Crippen LogP contribution in [0.1, 0.15) is 13.8 Å². The van der Waals surface area contributed by atoms with Crippen LogP contribution in [-0.2, 0) is 4.79 Å². The first kappa shape index (κ1) is 11.3. The molecule has 0 atom stereocenters. The molecule has 0 unspecified atom stereocenters. The average molecular weight is 132 g/mol. The molecular formula is C6H16N2O. The lowest BCUT2D eigenvalue weighted by molar-refractivity contribution is -0.115. The molecule has 0 saturated carbocycles. The molecule has 0 aliphatic heterocycles. The molecule has 0 aromatic rings. The van der Waals surface area contributed by atoms with Gasteiger partial charge in [0.2, 0.25) is 6.41 Å². The molecule has 0 fully saturated rings. The van der Waals surface area contributed by atoms with E-state index < -0.39 is 0 Å². The van der Waals surface area contributed by atoms with Crippen molar-refractivity contribution in [1.29, 1.82) is 0 Å². The highest BCUT2D eigenvalue weighted by Gasteiger charge is 1.68. The zero-order chi connectivity index (χ0) is 7.86. The highest BCUT2D eigenvalue weighted by Crippen LogP contribution is 1.58. The monoisotopic (exact) mass is 132 g/mol. The third kappa shape index (κ3) is 107. The molecule has 0 spiro atoms. The number of carbonyl (C=O) groups excluding carboxylic acids is 1. The van der Waals surface area contributed by atoms with Crippen LogP contribution in [0.3, 0.4) is 0 Å². The van der Waals surface area contributed by atoms with Gasteiger partial charge in [0.1, 0.15) is 0 Å². The Morgan fingerprint density at radius 3 is 1.56 bits per heavy atom. The van der Waals surface area contributed by atoms with E-state index in [1.54, 1.807) is 14.1 Å². The first-order valence-corrected chi connectivity index (χ1v) is 2.88. The molecule has 0 aromatic carbocycles. The van der Waals surface area contributed by atoms with Crippen LogP contribution >= 0.6 is 0 Å². The molecule has 0 aliphatic rings. The number of carbonyl (C=O) groups is 1. The molecule has 0 rings (SSSR count). The fourth-order valence-electron chi connectivity index (χ4n) is 0. The summed E-state index contributed by atoms with van der Waals surface area (Å²) in [5, 5.41) is 0. The largest absolute Gasteiger partial charge is 0.351 e. The average Bonchev–Trinajstić information content (AvgIpc) is 1.65. The Morgan fingerprint density at radius 1 is 1.44 bits per heavy atom. The van der Waals surface area contributed by atoms with E-state index in [1.807, 2.05) is 13.8 Å². The van der Waals surface area contributed by atoms with Gasteiger partial charge in [0.05, 0.1) is 0 Å². The zero-order valence-corrected chi connectivity index (χ0v) is 6.59. The van der Waals surface area contributed by atoms with E-state index in [4.69, 9.17) is 5.73 Å². The summed E-state index contributed by atoms with van der Waals surface area (Å²) in [5.74, 6) is 0. The van der Waals surface area contributed by atoms with Gasteiger partial charge in [0.15, 0.2) is 0 Å². The predicted octanol–water partition coefficient (Wildman–Crippen LogP) is 0.0579. The summed E-state index contributed by atoms with van der Waals surface area (Å²) < 4.78 is 0. The number of hydrogen-bond donors (Lipinski definition) is 1. The van der Waals surface area contributed by atoms with Crippen LogP contribution < -0.4 is 5.73 Å². The minimum atomic E-state index is 0.333. The van der Waals surface area contributed by atoms with E-state index in [1.165, 1.54) is 4.90 Å². The van der Waals surface area contributed by atoms with Crippen molar-refractivity contribution in [2.24, 2.45) is 5.73 Å². The molecule has 0 aliphatic carbocycles. The van der Waals surface area contributed by atoms with Gasteiger partial charge >= 0.3 is 0 Å². The van der Waals surface area contributed by atoms with E-state index in [0.717, 1.165) is 6.41 Å². The Hall–Kier alpha value is -0.570. The molecule has 1 amide bonds. The van der Waals surface area contributed by atoms with Gasteiger partial charge in [-0.25, -0.2) is 0 Å². The molecule has 2 N–H and O–H groups in total. The molecule has 56 valence electrons. The molecule has 0 radical (unpaired) electrons. The maximum Gasteiger partial charge on any atom is 0.209 e. The second-order valence-electron chi connectivity index (χ2n) is 2.31. The molecule has 3 heteroatoms. The van der Waals surface area contributed by atoms with Crippen LogP contribution in [-0.4, -0.2) is 31.4 Å². The molecule has 9 heavy (non-hydrogen) atoms. The van der Waals surface area contributed by atoms with Crippen molar-refractivity contribution < 1.29 is 4.79 Å². The number of nitrogens with two attached hydrogens (primary N) is 1. The summed E-state index contributed by atoms with van der Waals surface area (Å²) in [6.45, 7) is 3.89. The van der Waals surface area contributed by atoms with Gasteiger partial charge < -0.3 is 10.6 Å². The van der Waals surface area contributed by atoms with Crippen molar-refractivity contribution in [1.82, 2.24) is 4.90 Å². The normalized spacial score (nSPS) is 7.78. The number of rotatable bonds is 1. The smallest absolute Gasteiger partial charge is 0.209 e. The predicted molar refractivity (Wildman–Crippen MR) is 39.1 cm³/mol. The lowest BCUT2D eigenvalue weighted by Crippen LogP contribution is -2.06. The fraction of sp³-hybridized carbons (Fsp3) is 0.833. The van der Waals surface area contributed by atoms with E-state index in [9.17, 15) is 4.79 Å². The van der Waals surface area contributed by atoms with Gasteiger partial charge in [0.25, 0.3) is 0 Å². The first-order valence-electron chi connectivity index (χ1n) is 2.88. The van der Waals surface area contributed by atoms with E-state index in [2.05, 4.69) is 0 Å².